The maximum absolute atomic E-state index is 13.7. The lowest BCUT2D eigenvalue weighted by molar-refractivity contribution is 0.101. The molecule has 9 heteroatoms. The summed E-state index contributed by atoms with van der Waals surface area (Å²) in [7, 11) is 9.35. The molecule has 2 heterocycles. The number of para-hydroxylation sites is 1. The van der Waals surface area contributed by atoms with Crippen LogP contribution in [0.4, 0.5) is 11.6 Å². The van der Waals surface area contributed by atoms with Crippen molar-refractivity contribution in [2.24, 2.45) is 7.05 Å². The number of nitrogens with zero attached hydrogens (tertiary/aromatic N) is 4. The molecule has 1 amide bonds. The Hall–Kier alpha value is -4.11. The van der Waals surface area contributed by atoms with Crippen molar-refractivity contribution < 1.29 is 14.3 Å². The number of anilines is 2. The van der Waals surface area contributed by atoms with E-state index in [4.69, 9.17) is 9.47 Å². The van der Waals surface area contributed by atoms with Gasteiger partial charge < -0.3 is 29.6 Å². The van der Waals surface area contributed by atoms with E-state index in [-0.39, 0.29) is 11.3 Å². The average molecular weight is 531 g/mol. The highest BCUT2D eigenvalue weighted by Crippen LogP contribution is 2.37. The molecule has 2 aromatic heterocycles. The standard InChI is InChI=1S/C30H38N6O3/c1-30(2,3)21-16-20(13-15-35(5)6)27(38-8)22(18-21)33-28(37)23-17-19-10-9-11-24(26(19)36(23)7)39-25-12-14-32-29(31-4)34-25/h9-12,14,16-18H,13,15H2,1-8H3,(H,33,37)(H,31,32,34). The van der Waals surface area contributed by atoms with Crippen LogP contribution in [0.2, 0.25) is 0 Å². The van der Waals surface area contributed by atoms with Crippen molar-refractivity contribution in [2.45, 2.75) is 32.6 Å². The summed E-state index contributed by atoms with van der Waals surface area (Å²) in [5.41, 5.74) is 4.04. The van der Waals surface area contributed by atoms with Gasteiger partial charge in [-0.2, -0.15) is 4.98 Å². The van der Waals surface area contributed by atoms with Crippen LogP contribution in [0.3, 0.4) is 0 Å². The van der Waals surface area contributed by atoms with Crippen molar-refractivity contribution in [1.82, 2.24) is 19.4 Å². The highest BCUT2D eigenvalue weighted by atomic mass is 16.5. The van der Waals surface area contributed by atoms with Crippen LogP contribution in [-0.2, 0) is 18.9 Å². The van der Waals surface area contributed by atoms with Gasteiger partial charge in [-0.05, 0) is 55.3 Å². The zero-order valence-corrected chi connectivity index (χ0v) is 24.0. The van der Waals surface area contributed by atoms with Crippen LogP contribution >= 0.6 is 0 Å². The highest BCUT2D eigenvalue weighted by molar-refractivity contribution is 6.07. The zero-order chi connectivity index (χ0) is 28.3. The lowest BCUT2D eigenvalue weighted by atomic mass is 9.85. The molecule has 9 nitrogen and oxygen atoms in total. The number of amides is 1. The normalized spacial score (nSPS) is 11.6. The number of aromatic nitrogens is 3. The van der Waals surface area contributed by atoms with Crippen LogP contribution in [0.15, 0.2) is 48.7 Å². The summed E-state index contributed by atoms with van der Waals surface area (Å²) in [6.07, 6.45) is 2.43. The Labute approximate surface area is 230 Å². The van der Waals surface area contributed by atoms with E-state index in [1.807, 2.05) is 56.0 Å². The highest BCUT2D eigenvalue weighted by Gasteiger charge is 2.23. The first-order chi connectivity index (χ1) is 18.5. The van der Waals surface area contributed by atoms with Crippen molar-refractivity contribution in [3.8, 4) is 17.4 Å². The number of aryl methyl sites for hydroxylation is 1. The number of hydrogen-bond donors (Lipinski definition) is 2. The number of benzene rings is 2. The smallest absolute Gasteiger partial charge is 0.272 e. The molecule has 0 aliphatic heterocycles. The number of fused-ring (bicyclic) bond motifs is 1. The third-order valence-corrected chi connectivity index (χ3v) is 6.63. The summed E-state index contributed by atoms with van der Waals surface area (Å²) < 4.78 is 13.8. The maximum Gasteiger partial charge on any atom is 0.272 e. The van der Waals surface area contributed by atoms with Gasteiger partial charge in [0, 0.05) is 38.3 Å². The van der Waals surface area contributed by atoms with Crippen molar-refractivity contribution in [3.63, 3.8) is 0 Å². The van der Waals surface area contributed by atoms with Crippen LogP contribution in [-0.4, -0.2) is 60.1 Å². The maximum atomic E-state index is 13.7. The Kier molecular flexibility index (Phi) is 8.11. The van der Waals surface area contributed by atoms with E-state index in [2.05, 4.69) is 52.3 Å². The average Bonchev–Trinajstić information content (AvgIpc) is 3.24. The number of hydrogen-bond acceptors (Lipinski definition) is 7. The molecular formula is C30H38N6O3. The van der Waals surface area contributed by atoms with Gasteiger partial charge in [0.2, 0.25) is 11.8 Å². The molecule has 0 saturated carbocycles. The SMILES string of the molecule is CNc1nccc(Oc2cccc3cc(C(=O)Nc4cc(C(C)(C)C)cc(CCN(C)C)c4OC)n(C)c23)n1. The minimum absolute atomic E-state index is 0.0985. The topological polar surface area (TPSA) is 93.5 Å². The van der Waals surface area contributed by atoms with Crippen LogP contribution < -0.4 is 20.1 Å². The first-order valence-corrected chi connectivity index (χ1v) is 13.0. The fraction of sp³-hybridized carbons (Fsp3) is 0.367. The number of methoxy groups -OCH3 is 1. The molecule has 0 atom stereocenters. The minimum Gasteiger partial charge on any atom is -0.494 e. The molecule has 0 aliphatic rings. The number of carbonyl (C=O) groups is 1. The van der Waals surface area contributed by atoms with E-state index < -0.39 is 0 Å². The molecule has 0 unspecified atom stereocenters. The quantitative estimate of drug-likeness (QED) is 0.297. The Bertz CT molecular complexity index is 1490. The van der Waals surface area contributed by atoms with Crippen molar-refractivity contribution in [2.75, 3.05) is 45.4 Å². The molecule has 0 fully saturated rings. The summed E-state index contributed by atoms with van der Waals surface area (Å²) in [4.78, 5) is 24.3. The van der Waals surface area contributed by atoms with E-state index in [1.54, 1.807) is 26.4 Å². The molecule has 4 aromatic rings. The van der Waals surface area contributed by atoms with Gasteiger partial charge in [-0.1, -0.05) is 39.0 Å². The zero-order valence-electron chi connectivity index (χ0n) is 24.0. The summed E-state index contributed by atoms with van der Waals surface area (Å²) in [5.74, 6) is 1.91. The summed E-state index contributed by atoms with van der Waals surface area (Å²) in [5, 5.41) is 6.93. The summed E-state index contributed by atoms with van der Waals surface area (Å²) >= 11 is 0. The number of carbonyl (C=O) groups excluding carboxylic acids is 1. The van der Waals surface area contributed by atoms with Gasteiger partial charge in [-0.25, -0.2) is 4.98 Å². The second kappa shape index (κ2) is 11.3. The summed E-state index contributed by atoms with van der Waals surface area (Å²) in [6.45, 7) is 7.36. The van der Waals surface area contributed by atoms with Crippen LogP contribution in [0.5, 0.6) is 17.4 Å². The Morgan fingerprint density at radius 1 is 1.13 bits per heavy atom. The van der Waals surface area contributed by atoms with Crippen molar-refractivity contribution in [1.29, 1.82) is 0 Å². The molecule has 0 saturated heterocycles. The monoisotopic (exact) mass is 530 g/mol. The predicted octanol–water partition coefficient (Wildman–Crippen LogP) is 5.46. The Balaban J connectivity index is 1.71. The Morgan fingerprint density at radius 3 is 2.56 bits per heavy atom. The van der Waals surface area contributed by atoms with Crippen LogP contribution in [0.1, 0.15) is 42.4 Å². The summed E-state index contributed by atoms with van der Waals surface area (Å²) in [6, 6.07) is 13.5. The van der Waals surface area contributed by atoms with Crippen LogP contribution in [0.25, 0.3) is 10.9 Å². The van der Waals surface area contributed by atoms with E-state index in [9.17, 15) is 4.79 Å². The van der Waals surface area contributed by atoms with Gasteiger partial charge in [0.25, 0.3) is 5.91 Å². The molecule has 4 rings (SSSR count). The molecule has 0 aliphatic carbocycles. The van der Waals surface area contributed by atoms with Gasteiger partial charge >= 0.3 is 0 Å². The first-order valence-electron chi connectivity index (χ1n) is 13.0. The number of likely N-dealkylation sites (N-methyl/N-ethyl adjacent to an activating group) is 1. The molecule has 2 aromatic carbocycles. The number of nitrogens with one attached hydrogen (secondary N) is 2. The molecule has 0 radical (unpaired) electrons. The van der Waals surface area contributed by atoms with Gasteiger partial charge in [0.05, 0.1) is 18.3 Å². The fourth-order valence-electron chi connectivity index (χ4n) is 4.48. The van der Waals surface area contributed by atoms with Gasteiger partial charge in [-0.15, -0.1) is 0 Å². The second-order valence-corrected chi connectivity index (χ2v) is 10.8. The van der Waals surface area contributed by atoms with E-state index in [1.165, 1.54) is 0 Å². The number of ether oxygens (including phenoxy) is 2. The van der Waals surface area contributed by atoms with Crippen LogP contribution in [0, 0.1) is 0 Å². The molecule has 0 bridgehead atoms. The van der Waals surface area contributed by atoms with Gasteiger partial charge in [0.1, 0.15) is 11.4 Å². The lowest BCUT2D eigenvalue weighted by Crippen LogP contribution is -2.20. The van der Waals surface area contributed by atoms with Crippen molar-refractivity contribution in [3.05, 3.63) is 65.5 Å². The minimum atomic E-state index is -0.234. The third kappa shape index (κ3) is 6.15. The third-order valence-electron chi connectivity index (χ3n) is 6.63. The van der Waals surface area contributed by atoms with E-state index >= 15 is 0 Å². The van der Waals surface area contributed by atoms with Gasteiger partial charge in [0.15, 0.2) is 5.75 Å². The molecule has 206 valence electrons. The molecular weight excluding hydrogens is 492 g/mol. The first kappa shape index (κ1) is 27.9. The second-order valence-electron chi connectivity index (χ2n) is 10.8. The van der Waals surface area contributed by atoms with Crippen molar-refractivity contribution >= 4 is 28.4 Å². The molecule has 39 heavy (non-hydrogen) atoms. The molecule has 2 N–H and O–H groups in total. The predicted molar refractivity (Wildman–Crippen MR) is 156 cm³/mol. The Morgan fingerprint density at radius 2 is 1.90 bits per heavy atom. The van der Waals surface area contributed by atoms with E-state index in [0.717, 1.165) is 35.0 Å². The lowest BCUT2D eigenvalue weighted by Gasteiger charge is -2.24. The van der Waals surface area contributed by atoms with E-state index in [0.29, 0.717) is 34.7 Å². The number of rotatable bonds is 9. The molecule has 0 spiro atoms. The largest absolute Gasteiger partial charge is 0.494 e. The fourth-order valence-corrected chi connectivity index (χ4v) is 4.48. The van der Waals surface area contributed by atoms with Gasteiger partial charge in [-0.3, -0.25) is 4.79 Å².